The van der Waals surface area contributed by atoms with Crippen molar-refractivity contribution in [3.8, 4) is 0 Å². The van der Waals surface area contributed by atoms with Gasteiger partial charge >= 0.3 is 5.97 Å². The van der Waals surface area contributed by atoms with Crippen LogP contribution in [0.4, 0.5) is 4.39 Å². The first kappa shape index (κ1) is 13.6. The second kappa shape index (κ2) is 6.32. The Balaban J connectivity index is 2.67. The highest BCUT2D eigenvalue weighted by molar-refractivity contribution is 5.87. The predicted molar refractivity (Wildman–Crippen MR) is 63.6 cm³/mol. The summed E-state index contributed by atoms with van der Waals surface area (Å²) in [6.45, 7) is 2.30. The third kappa shape index (κ3) is 4.13. The molecule has 0 radical (unpaired) electrons. The van der Waals surface area contributed by atoms with Crippen molar-refractivity contribution < 1.29 is 14.3 Å². The molecule has 1 aromatic carbocycles. The average Bonchev–Trinajstić information content (AvgIpc) is 2.26. The van der Waals surface area contributed by atoms with E-state index in [9.17, 15) is 9.18 Å². The van der Waals surface area contributed by atoms with Crippen LogP contribution >= 0.6 is 0 Å². The Kier molecular flexibility index (Phi) is 5.06. The van der Waals surface area contributed by atoms with Gasteiger partial charge < -0.3 is 15.3 Å². The van der Waals surface area contributed by atoms with Crippen LogP contribution in [-0.2, 0) is 6.54 Å². The smallest absolute Gasteiger partial charge is 0.338 e. The van der Waals surface area contributed by atoms with Gasteiger partial charge in [-0.25, -0.2) is 9.18 Å². The van der Waals surface area contributed by atoms with Crippen LogP contribution in [0.5, 0.6) is 0 Å². The van der Waals surface area contributed by atoms with Gasteiger partial charge in [-0.3, -0.25) is 0 Å². The monoisotopic (exact) mass is 240 g/mol. The summed E-state index contributed by atoms with van der Waals surface area (Å²) in [6, 6.07) is 4.22. The lowest BCUT2D eigenvalue weighted by Crippen LogP contribution is -2.27. The number of carboxylic acid groups (broad SMARTS) is 1. The van der Waals surface area contributed by atoms with E-state index in [1.807, 2.05) is 19.0 Å². The van der Waals surface area contributed by atoms with E-state index in [-0.39, 0.29) is 5.56 Å². The number of halogens is 1. The van der Waals surface area contributed by atoms with E-state index in [4.69, 9.17) is 5.11 Å². The van der Waals surface area contributed by atoms with Crippen molar-refractivity contribution in [2.75, 3.05) is 27.2 Å². The fourth-order valence-corrected chi connectivity index (χ4v) is 1.52. The maximum atomic E-state index is 13.4. The van der Waals surface area contributed by atoms with Crippen molar-refractivity contribution >= 4 is 5.97 Å². The molecule has 5 heteroatoms. The zero-order valence-corrected chi connectivity index (χ0v) is 10.0. The number of nitrogens with zero attached hydrogens (tertiary/aromatic N) is 1. The standard InChI is InChI=1S/C12H17FN2O2/c1-14-5-6-15(2)8-9-3-4-10(12(16)17)11(13)7-9/h3-4,7,14H,5-6,8H2,1-2H3,(H,16,17). The van der Waals surface area contributed by atoms with Crippen LogP contribution in [0.15, 0.2) is 18.2 Å². The molecule has 1 rings (SSSR count). The van der Waals surface area contributed by atoms with Gasteiger partial charge in [0.2, 0.25) is 0 Å². The van der Waals surface area contributed by atoms with Crippen LogP contribution in [-0.4, -0.2) is 43.2 Å². The van der Waals surface area contributed by atoms with Gasteiger partial charge in [0.15, 0.2) is 0 Å². The Hall–Kier alpha value is -1.46. The first-order valence-corrected chi connectivity index (χ1v) is 5.39. The molecule has 0 atom stereocenters. The van der Waals surface area contributed by atoms with Gasteiger partial charge in [0.25, 0.3) is 0 Å². The molecule has 0 aromatic heterocycles. The number of carboxylic acids is 1. The minimum absolute atomic E-state index is 0.286. The first-order valence-electron chi connectivity index (χ1n) is 5.39. The van der Waals surface area contributed by atoms with Gasteiger partial charge in [-0.2, -0.15) is 0 Å². The molecule has 94 valence electrons. The molecule has 0 amide bonds. The Bertz CT molecular complexity index is 396. The summed E-state index contributed by atoms with van der Waals surface area (Å²) in [7, 11) is 3.80. The lowest BCUT2D eigenvalue weighted by Gasteiger charge is -2.16. The highest BCUT2D eigenvalue weighted by atomic mass is 19.1. The van der Waals surface area contributed by atoms with Crippen LogP contribution in [0.3, 0.4) is 0 Å². The number of carbonyl (C=O) groups is 1. The summed E-state index contributed by atoms with van der Waals surface area (Å²) >= 11 is 0. The normalized spacial score (nSPS) is 10.8. The van der Waals surface area contributed by atoms with Crippen molar-refractivity contribution in [2.45, 2.75) is 6.54 Å². The minimum Gasteiger partial charge on any atom is -0.478 e. The Morgan fingerprint density at radius 1 is 1.53 bits per heavy atom. The van der Waals surface area contributed by atoms with Gasteiger partial charge in [-0.05, 0) is 31.8 Å². The van der Waals surface area contributed by atoms with Crippen molar-refractivity contribution in [2.24, 2.45) is 0 Å². The highest BCUT2D eigenvalue weighted by Gasteiger charge is 2.10. The van der Waals surface area contributed by atoms with E-state index in [2.05, 4.69) is 5.32 Å². The summed E-state index contributed by atoms with van der Waals surface area (Å²) in [4.78, 5) is 12.7. The Labute approximate surface area is 100 Å². The number of benzene rings is 1. The molecule has 0 fully saturated rings. The molecule has 0 heterocycles. The van der Waals surface area contributed by atoms with Crippen molar-refractivity contribution in [1.29, 1.82) is 0 Å². The SMILES string of the molecule is CNCCN(C)Cc1ccc(C(=O)O)c(F)c1. The van der Waals surface area contributed by atoms with Gasteiger partial charge in [-0.1, -0.05) is 6.07 Å². The number of hydrogen-bond acceptors (Lipinski definition) is 3. The molecule has 0 aliphatic carbocycles. The van der Waals surface area contributed by atoms with E-state index in [1.165, 1.54) is 12.1 Å². The van der Waals surface area contributed by atoms with Gasteiger partial charge in [-0.15, -0.1) is 0 Å². The molecule has 0 aliphatic heterocycles. The van der Waals surface area contributed by atoms with E-state index >= 15 is 0 Å². The first-order chi connectivity index (χ1) is 8.04. The topological polar surface area (TPSA) is 52.6 Å². The van der Waals surface area contributed by atoms with Crippen molar-refractivity contribution in [3.05, 3.63) is 35.1 Å². The lowest BCUT2D eigenvalue weighted by atomic mass is 10.1. The number of rotatable bonds is 6. The molecular weight excluding hydrogens is 223 g/mol. The van der Waals surface area contributed by atoms with Crippen molar-refractivity contribution in [3.63, 3.8) is 0 Å². The average molecular weight is 240 g/mol. The maximum Gasteiger partial charge on any atom is 0.338 e. The third-order valence-electron chi connectivity index (χ3n) is 2.46. The van der Waals surface area contributed by atoms with Gasteiger partial charge in [0.05, 0.1) is 5.56 Å². The summed E-state index contributed by atoms with van der Waals surface area (Å²) < 4.78 is 13.4. The molecule has 4 nitrogen and oxygen atoms in total. The molecule has 0 saturated carbocycles. The summed E-state index contributed by atoms with van der Waals surface area (Å²) in [6.07, 6.45) is 0. The zero-order chi connectivity index (χ0) is 12.8. The number of nitrogens with one attached hydrogen (secondary N) is 1. The lowest BCUT2D eigenvalue weighted by molar-refractivity contribution is 0.0692. The molecule has 0 spiro atoms. The molecule has 0 saturated heterocycles. The molecule has 17 heavy (non-hydrogen) atoms. The molecule has 0 aliphatic rings. The summed E-state index contributed by atoms with van der Waals surface area (Å²) in [5.74, 6) is -1.92. The minimum atomic E-state index is -1.24. The second-order valence-corrected chi connectivity index (χ2v) is 3.96. The fraction of sp³-hybridized carbons (Fsp3) is 0.417. The molecule has 2 N–H and O–H groups in total. The number of hydrogen-bond donors (Lipinski definition) is 2. The van der Waals surface area contributed by atoms with Gasteiger partial charge in [0.1, 0.15) is 5.82 Å². The van der Waals surface area contributed by atoms with Gasteiger partial charge in [0, 0.05) is 19.6 Å². The molecule has 1 aromatic rings. The summed E-state index contributed by atoms with van der Waals surface area (Å²) in [5.41, 5.74) is 0.484. The number of aromatic carboxylic acids is 1. The van der Waals surface area contributed by atoms with Crippen LogP contribution in [0.25, 0.3) is 0 Å². The quantitative estimate of drug-likeness (QED) is 0.784. The number of likely N-dealkylation sites (N-methyl/N-ethyl adjacent to an activating group) is 2. The Morgan fingerprint density at radius 2 is 2.24 bits per heavy atom. The van der Waals surface area contributed by atoms with Crippen LogP contribution in [0, 0.1) is 5.82 Å². The highest BCUT2D eigenvalue weighted by Crippen LogP contribution is 2.11. The largest absolute Gasteiger partial charge is 0.478 e. The van der Waals surface area contributed by atoms with Crippen LogP contribution in [0.1, 0.15) is 15.9 Å². The Morgan fingerprint density at radius 3 is 2.76 bits per heavy atom. The van der Waals surface area contributed by atoms with Crippen LogP contribution in [0.2, 0.25) is 0 Å². The molecular formula is C12H17FN2O2. The van der Waals surface area contributed by atoms with E-state index < -0.39 is 11.8 Å². The predicted octanol–water partition coefficient (Wildman–Crippen LogP) is 1.18. The van der Waals surface area contributed by atoms with Crippen LogP contribution < -0.4 is 5.32 Å². The maximum absolute atomic E-state index is 13.4. The molecule has 0 bridgehead atoms. The van der Waals surface area contributed by atoms with E-state index in [0.29, 0.717) is 6.54 Å². The summed E-state index contributed by atoms with van der Waals surface area (Å²) in [5, 5.41) is 11.7. The van der Waals surface area contributed by atoms with E-state index in [1.54, 1.807) is 6.07 Å². The van der Waals surface area contributed by atoms with Crippen molar-refractivity contribution in [1.82, 2.24) is 10.2 Å². The zero-order valence-electron chi connectivity index (χ0n) is 10.0. The second-order valence-electron chi connectivity index (χ2n) is 3.96. The molecule has 0 unspecified atom stereocenters. The van der Waals surface area contributed by atoms with E-state index in [0.717, 1.165) is 18.7 Å². The third-order valence-corrected chi connectivity index (χ3v) is 2.46. The fourth-order valence-electron chi connectivity index (χ4n) is 1.52.